The van der Waals surface area contributed by atoms with Gasteiger partial charge in [0.05, 0.1) is 12.3 Å². The molecular formula is C14H25N3O. The van der Waals surface area contributed by atoms with Crippen molar-refractivity contribution in [3.63, 3.8) is 0 Å². The highest BCUT2D eigenvalue weighted by molar-refractivity contribution is 5.08. The molecule has 1 fully saturated rings. The van der Waals surface area contributed by atoms with Crippen LogP contribution in [0.15, 0.2) is 22.8 Å². The second kappa shape index (κ2) is 6.36. The average Bonchev–Trinajstić information content (AvgIpc) is 2.93. The van der Waals surface area contributed by atoms with Crippen LogP contribution in [0.3, 0.4) is 0 Å². The van der Waals surface area contributed by atoms with Crippen molar-refractivity contribution in [3.05, 3.63) is 24.2 Å². The summed E-state index contributed by atoms with van der Waals surface area (Å²) in [6.45, 7) is 9.91. The van der Waals surface area contributed by atoms with Crippen LogP contribution in [0, 0.1) is 0 Å². The lowest BCUT2D eigenvalue weighted by molar-refractivity contribution is 0.0762. The fourth-order valence-corrected chi connectivity index (χ4v) is 2.70. The molecule has 2 unspecified atom stereocenters. The van der Waals surface area contributed by atoms with Gasteiger partial charge in [-0.25, -0.2) is 0 Å². The summed E-state index contributed by atoms with van der Waals surface area (Å²) >= 11 is 0. The summed E-state index contributed by atoms with van der Waals surface area (Å²) in [4.78, 5) is 4.95. The lowest BCUT2D eigenvalue weighted by Gasteiger charge is -2.40. The predicted molar refractivity (Wildman–Crippen MR) is 73.4 cm³/mol. The van der Waals surface area contributed by atoms with Crippen molar-refractivity contribution in [1.82, 2.24) is 9.80 Å². The molecule has 102 valence electrons. The fourth-order valence-electron chi connectivity index (χ4n) is 2.70. The van der Waals surface area contributed by atoms with Gasteiger partial charge in [0.2, 0.25) is 0 Å². The first-order valence-corrected chi connectivity index (χ1v) is 7.01. The topological polar surface area (TPSA) is 45.6 Å². The second-order valence-corrected chi connectivity index (χ2v) is 5.00. The Morgan fingerprint density at radius 1 is 1.28 bits per heavy atom. The molecule has 18 heavy (non-hydrogen) atoms. The quantitative estimate of drug-likeness (QED) is 0.865. The summed E-state index contributed by atoms with van der Waals surface area (Å²) in [6, 6.07) is 4.37. The van der Waals surface area contributed by atoms with Gasteiger partial charge in [0.15, 0.2) is 0 Å². The molecule has 2 atom stereocenters. The molecule has 0 amide bonds. The molecule has 1 saturated heterocycles. The third-order valence-electron chi connectivity index (χ3n) is 3.96. The van der Waals surface area contributed by atoms with Crippen LogP contribution in [0.5, 0.6) is 0 Å². The highest BCUT2D eigenvalue weighted by Gasteiger charge is 2.30. The average molecular weight is 251 g/mol. The predicted octanol–water partition coefficient (Wildman–Crippen LogP) is 1.70. The Bertz CT molecular complexity index is 331. The number of rotatable bonds is 5. The molecule has 1 aliphatic rings. The van der Waals surface area contributed by atoms with Gasteiger partial charge in [-0.05, 0) is 25.1 Å². The van der Waals surface area contributed by atoms with Gasteiger partial charge in [-0.3, -0.25) is 4.90 Å². The summed E-state index contributed by atoms with van der Waals surface area (Å²) < 4.78 is 5.59. The van der Waals surface area contributed by atoms with Crippen molar-refractivity contribution in [2.24, 2.45) is 5.73 Å². The van der Waals surface area contributed by atoms with Crippen LogP contribution in [0.4, 0.5) is 0 Å². The number of furan rings is 1. The number of nitrogens with zero attached hydrogens (tertiary/aromatic N) is 2. The number of hydrogen-bond acceptors (Lipinski definition) is 4. The summed E-state index contributed by atoms with van der Waals surface area (Å²) in [5.74, 6) is 1.01. The maximum Gasteiger partial charge on any atom is 0.122 e. The van der Waals surface area contributed by atoms with E-state index in [0.29, 0.717) is 0 Å². The lowest BCUT2D eigenvalue weighted by Crippen LogP contribution is -2.51. The minimum Gasteiger partial charge on any atom is -0.468 e. The van der Waals surface area contributed by atoms with Crippen molar-refractivity contribution in [1.29, 1.82) is 0 Å². The zero-order valence-electron chi connectivity index (χ0n) is 11.5. The van der Waals surface area contributed by atoms with E-state index in [1.54, 1.807) is 6.26 Å². The molecule has 2 heterocycles. The van der Waals surface area contributed by atoms with E-state index >= 15 is 0 Å². The monoisotopic (exact) mass is 251 g/mol. The molecule has 1 aliphatic heterocycles. The van der Waals surface area contributed by atoms with Crippen LogP contribution in [-0.2, 0) is 0 Å². The van der Waals surface area contributed by atoms with E-state index in [1.165, 1.54) is 0 Å². The van der Waals surface area contributed by atoms with Gasteiger partial charge >= 0.3 is 0 Å². The highest BCUT2D eigenvalue weighted by atomic mass is 16.3. The first-order chi connectivity index (χ1) is 8.76. The third kappa shape index (κ3) is 2.94. The molecule has 0 aliphatic carbocycles. The third-order valence-corrected chi connectivity index (χ3v) is 3.96. The summed E-state index contributed by atoms with van der Waals surface area (Å²) in [5.41, 5.74) is 6.29. The van der Waals surface area contributed by atoms with Crippen molar-refractivity contribution < 1.29 is 4.42 Å². The summed E-state index contributed by atoms with van der Waals surface area (Å²) in [5, 5.41) is 0. The van der Waals surface area contributed by atoms with Crippen molar-refractivity contribution >= 4 is 0 Å². The smallest absolute Gasteiger partial charge is 0.122 e. The zero-order valence-corrected chi connectivity index (χ0v) is 11.5. The van der Waals surface area contributed by atoms with Gasteiger partial charge in [-0.2, -0.15) is 0 Å². The molecule has 4 nitrogen and oxygen atoms in total. The van der Waals surface area contributed by atoms with Gasteiger partial charge in [0, 0.05) is 32.2 Å². The van der Waals surface area contributed by atoms with E-state index in [4.69, 9.17) is 10.2 Å². The standard InChI is InChI=1S/C14H25N3O/c1-3-12(15)14(13-6-5-11-18-13)17-9-7-16(4-2)8-10-17/h5-6,11-12,14H,3-4,7-10,15H2,1-2H3. The fraction of sp³-hybridized carbons (Fsp3) is 0.714. The Morgan fingerprint density at radius 3 is 2.50 bits per heavy atom. The molecule has 0 radical (unpaired) electrons. The van der Waals surface area contributed by atoms with Gasteiger partial charge < -0.3 is 15.1 Å². The largest absolute Gasteiger partial charge is 0.468 e. The Hall–Kier alpha value is -0.840. The van der Waals surface area contributed by atoms with E-state index < -0.39 is 0 Å². The van der Waals surface area contributed by atoms with Crippen LogP contribution in [-0.4, -0.2) is 48.6 Å². The Balaban J connectivity index is 2.06. The second-order valence-electron chi connectivity index (χ2n) is 5.00. The summed E-state index contributed by atoms with van der Waals surface area (Å²) in [6.07, 6.45) is 2.71. The van der Waals surface area contributed by atoms with Gasteiger partial charge in [-0.15, -0.1) is 0 Å². The van der Waals surface area contributed by atoms with Crippen molar-refractivity contribution in [2.45, 2.75) is 32.4 Å². The maximum absolute atomic E-state index is 6.29. The number of piperazine rings is 1. The Kier molecular flexibility index (Phi) is 4.80. The minimum absolute atomic E-state index is 0.143. The zero-order chi connectivity index (χ0) is 13.0. The minimum atomic E-state index is 0.143. The van der Waals surface area contributed by atoms with Crippen LogP contribution < -0.4 is 5.73 Å². The lowest BCUT2D eigenvalue weighted by atomic mass is 10.0. The number of hydrogen-bond donors (Lipinski definition) is 1. The molecule has 1 aromatic rings. The first-order valence-electron chi connectivity index (χ1n) is 7.01. The van der Waals surface area contributed by atoms with E-state index in [1.807, 2.05) is 12.1 Å². The summed E-state index contributed by atoms with van der Waals surface area (Å²) in [7, 11) is 0. The van der Waals surface area contributed by atoms with E-state index in [0.717, 1.165) is 44.9 Å². The van der Waals surface area contributed by atoms with Crippen LogP contribution in [0.2, 0.25) is 0 Å². The molecule has 0 saturated carbocycles. The molecule has 4 heteroatoms. The van der Waals surface area contributed by atoms with Gasteiger partial charge in [0.1, 0.15) is 5.76 Å². The normalized spacial score (nSPS) is 21.9. The molecule has 1 aromatic heterocycles. The molecular weight excluding hydrogens is 226 g/mol. The first kappa shape index (κ1) is 13.6. The number of nitrogens with two attached hydrogens (primary N) is 1. The number of likely N-dealkylation sites (N-methyl/N-ethyl adjacent to an activating group) is 1. The van der Waals surface area contributed by atoms with Crippen LogP contribution in [0.25, 0.3) is 0 Å². The Labute approximate surface area is 110 Å². The maximum atomic E-state index is 6.29. The van der Waals surface area contributed by atoms with Gasteiger partial charge in [-0.1, -0.05) is 13.8 Å². The molecule has 2 N–H and O–H groups in total. The Morgan fingerprint density at radius 2 is 2.00 bits per heavy atom. The van der Waals surface area contributed by atoms with Crippen molar-refractivity contribution in [3.8, 4) is 0 Å². The van der Waals surface area contributed by atoms with E-state index in [2.05, 4.69) is 23.6 Å². The highest BCUT2D eigenvalue weighted by Crippen LogP contribution is 2.26. The van der Waals surface area contributed by atoms with E-state index in [9.17, 15) is 0 Å². The van der Waals surface area contributed by atoms with Crippen LogP contribution >= 0.6 is 0 Å². The van der Waals surface area contributed by atoms with Crippen molar-refractivity contribution in [2.75, 3.05) is 32.7 Å². The molecule has 0 spiro atoms. The molecule has 0 bridgehead atoms. The van der Waals surface area contributed by atoms with Gasteiger partial charge in [0.25, 0.3) is 0 Å². The van der Waals surface area contributed by atoms with E-state index in [-0.39, 0.29) is 12.1 Å². The SMILES string of the molecule is CCC(N)C(c1ccco1)N1CCN(CC)CC1. The molecule has 2 rings (SSSR count). The van der Waals surface area contributed by atoms with Crippen LogP contribution in [0.1, 0.15) is 32.1 Å². The molecule has 0 aromatic carbocycles.